The molecule has 3 heterocycles. The minimum absolute atomic E-state index is 0.0634. The van der Waals surface area contributed by atoms with E-state index in [4.69, 9.17) is 9.26 Å². The lowest BCUT2D eigenvalue weighted by atomic mass is 9.75. The van der Waals surface area contributed by atoms with E-state index < -0.39 is 0 Å². The average molecular weight is 293 g/mol. The fourth-order valence-corrected chi connectivity index (χ4v) is 3.41. The van der Waals surface area contributed by atoms with Crippen molar-refractivity contribution in [2.45, 2.75) is 63.9 Å². The minimum Gasteiger partial charge on any atom is -0.378 e. The van der Waals surface area contributed by atoms with Gasteiger partial charge in [0.05, 0.1) is 6.10 Å². The van der Waals surface area contributed by atoms with Crippen molar-refractivity contribution < 1.29 is 9.26 Å². The first-order chi connectivity index (χ1) is 10.2. The Morgan fingerprint density at radius 3 is 2.86 bits per heavy atom. The lowest BCUT2D eigenvalue weighted by Crippen LogP contribution is -2.41. The summed E-state index contributed by atoms with van der Waals surface area (Å²) >= 11 is 0. The molecule has 5 nitrogen and oxygen atoms in total. The molecule has 0 radical (unpaired) electrons. The molecule has 5 heteroatoms. The fraction of sp³-hybridized carbons (Fsp3) is 0.875. The number of hydrogen-bond donors (Lipinski definition) is 1. The SMILES string of the molecule is CC(C)(c1nc(CC2CCCCO2)no1)C1CCCNC1. The van der Waals surface area contributed by atoms with Crippen molar-refractivity contribution in [2.75, 3.05) is 19.7 Å². The summed E-state index contributed by atoms with van der Waals surface area (Å²) in [7, 11) is 0. The highest BCUT2D eigenvalue weighted by Gasteiger charge is 2.37. The summed E-state index contributed by atoms with van der Waals surface area (Å²) in [4.78, 5) is 4.67. The van der Waals surface area contributed by atoms with Crippen LogP contribution in [-0.4, -0.2) is 35.9 Å². The third kappa shape index (κ3) is 3.46. The topological polar surface area (TPSA) is 60.2 Å². The van der Waals surface area contributed by atoms with Gasteiger partial charge in [-0.15, -0.1) is 0 Å². The zero-order valence-corrected chi connectivity index (χ0v) is 13.2. The van der Waals surface area contributed by atoms with E-state index in [1.807, 2.05) is 0 Å². The maximum Gasteiger partial charge on any atom is 0.232 e. The molecule has 21 heavy (non-hydrogen) atoms. The van der Waals surface area contributed by atoms with Crippen LogP contribution in [0.25, 0.3) is 0 Å². The van der Waals surface area contributed by atoms with Crippen LogP contribution < -0.4 is 5.32 Å². The van der Waals surface area contributed by atoms with Gasteiger partial charge in [-0.1, -0.05) is 19.0 Å². The Hall–Kier alpha value is -0.940. The third-order valence-electron chi connectivity index (χ3n) is 5.02. The van der Waals surface area contributed by atoms with Crippen LogP contribution in [0.1, 0.15) is 57.7 Å². The number of nitrogens with zero attached hydrogens (tertiary/aromatic N) is 2. The molecular formula is C16H27N3O2. The van der Waals surface area contributed by atoms with Gasteiger partial charge in [0.2, 0.25) is 5.89 Å². The van der Waals surface area contributed by atoms with Crippen LogP contribution in [0, 0.1) is 5.92 Å². The third-order valence-corrected chi connectivity index (χ3v) is 5.02. The van der Waals surface area contributed by atoms with Gasteiger partial charge in [0.25, 0.3) is 0 Å². The van der Waals surface area contributed by atoms with E-state index in [2.05, 4.69) is 29.3 Å². The molecule has 0 saturated carbocycles. The summed E-state index contributed by atoms with van der Waals surface area (Å²) in [5.74, 6) is 2.14. The van der Waals surface area contributed by atoms with E-state index in [1.54, 1.807) is 0 Å². The molecule has 118 valence electrons. The summed E-state index contributed by atoms with van der Waals surface area (Å²) in [6.07, 6.45) is 7.03. The van der Waals surface area contributed by atoms with Gasteiger partial charge < -0.3 is 14.6 Å². The first-order valence-corrected chi connectivity index (χ1v) is 8.31. The van der Waals surface area contributed by atoms with Gasteiger partial charge in [-0.25, -0.2) is 0 Å². The summed E-state index contributed by atoms with van der Waals surface area (Å²) in [5, 5.41) is 7.66. The zero-order chi connectivity index (χ0) is 14.7. The Labute approximate surface area is 126 Å². The fourth-order valence-electron chi connectivity index (χ4n) is 3.41. The molecule has 0 aliphatic carbocycles. The van der Waals surface area contributed by atoms with Gasteiger partial charge in [-0.05, 0) is 51.1 Å². The second-order valence-corrected chi connectivity index (χ2v) is 6.97. The molecule has 0 bridgehead atoms. The molecular weight excluding hydrogens is 266 g/mol. The lowest BCUT2D eigenvalue weighted by molar-refractivity contribution is 0.0153. The molecule has 0 spiro atoms. The monoisotopic (exact) mass is 293 g/mol. The van der Waals surface area contributed by atoms with Crippen molar-refractivity contribution in [3.05, 3.63) is 11.7 Å². The largest absolute Gasteiger partial charge is 0.378 e. The molecule has 2 atom stereocenters. The van der Waals surface area contributed by atoms with E-state index in [0.29, 0.717) is 5.92 Å². The summed E-state index contributed by atoms with van der Waals surface area (Å²) in [5.41, 5.74) is -0.0634. The molecule has 1 aromatic rings. The molecule has 1 aromatic heterocycles. The lowest BCUT2D eigenvalue weighted by Gasteiger charge is -2.34. The highest BCUT2D eigenvalue weighted by molar-refractivity contribution is 5.05. The smallest absolute Gasteiger partial charge is 0.232 e. The van der Waals surface area contributed by atoms with Crippen LogP contribution in [0.4, 0.5) is 0 Å². The molecule has 2 aliphatic heterocycles. The Morgan fingerprint density at radius 2 is 2.14 bits per heavy atom. The van der Waals surface area contributed by atoms with Gasteiger partial charge in [0, 0.05) is 18.4 Å². The quantitative estimate of drug-likeness (QED) is 0.924. The summed E-state index contributed by atoms with van der Waals surface area (Å²) in [6.45, 7) is 7.48. The Bertz CT molecular complexity index is 446. The van der Waals surface area contributed by atoms with Crippen molar-refractivity contribution in [1.29, 1.82) is 0 Å². The first kappa shape index (κ1) is 15.0. The van der Waals surface area contributed by atoms with Crippen LogP contribution >= 0.6 is 0 Å². The predicted molar refractivity (Wildman–Crippen MR) is 80.2 cm³/mol. The van der Waals surface area contributed by atoms with Crippen LogP contribution in [0.2, 0.25) is 0 Å². The second kappa shape index (κ2) is 6.44. The standard InChI is InChI=1S/C16H27N3O2/c1-16(2,12-6-5-8-17-11-12)15-18-14(19-21-15)10-13-7-3-4-9-20-13/h12-13,17H,3-11H2,1-2H3. The van der Waals surface area contributed by atoms with Gasteiger partial charge in [0.1, 0.15) is 0 Å². The Balaban J connectivity index is 1.65. The van der Waals surface area contributed by atoms with Crippen LogP contribution in [0.3, 0.4) is 0 Å². The van der Waals surface area contributed by atoms with Crippen molar-refractivity contribution >= 4 is 0 Å². The molecule has 2 fully saturated rings. The Kier molecular flexibility index (Phi) is 4.60. The van der Waals surface area contributed by atoms with Crippen LogP contribution in [0.5, 0.6) is 0 Å². The van der Waals surface area contributed by atoms with Crippen molar-refractivity contribution in [3.8, 4) is 0 Å². The average Bonchev–Trinajstić information content (AvgIpc) is 2.98. The van der Waals surface area contributed by atoms with Crippen molar-refractivity contribution in [3.63, 3.8) is 0 Å². The highest BCUT2D eigenvalue weighted by Crippen LogP contribution is 2.34. The second-order valence-electron chi connectivity index (χ2n) is 6.97. The number of aromatic nitrogens is 2. The predicted octanol–water partition coefficient (Wildman–Crippen LogP) is 2.46. The molecule has 3 rings (SSSR count). The number of nitrogens with one attached hydrogen (secondary N) is 1. The minimum atomic E-state index is -0.0634. The van der Waals surface area contributed by atoms with Crippen molar-refractivity contribution in [2.24, 2.45) is 5.92 Å². The maximum atomic E-state index is 5.76. The molecule has 1 N–H and O–H groups in total. The number of piperidine rings is 1. The normalized spacial score (nSPS) is 27.7. The van der Waals surface area contributed by atoms with E-state index in [0.717, 1.165) is 44.3 Å². The van der Waals surface area contributed by atoms with Crippen LogP contribution in [-0.2, 0) is 16.6 Å². The van der Waals surface area contributed by atoms with Crippen molar-refractivity contribution in [1.82, 2.24) is 15.5 Å². The van der Waals surface area contributed by atoms with Crippen LogP contribution in [0.15, 0.2) is 4.52 Å². The number of ether oxygens (including phenoxy) is 1. The molecule has 2 unspecified atom stereocenters. The van der Waals surface area contributed by atoms with Gasteiger partial charge in [-0.2, -0.15) is 4.98 Å². The highest BCUT2D eigenvalue weighted by atomic mass is 16.5. The molecule has 2 saturated heterocycles. The molecule has 0 aromatic carbocycles. The van der Waals surface area contributed by atoms with E-state index in [-0.39, 0.29) is 11.5 Å². The number of rotatable bonds is 4. The summed E-state index contributed by atoms with van der Waals surface area (Å²) in [6, 6.07) is 0. The first-order valence-electron chi connectivity index (χ1n) is 8.31. The van der Waals surface area contributed by atoms with Gasteiger partial charge in [-0.3, -0.25) is 0 Å². The van der Waals surface area contributed by atoms with E-state index in [9.17, 15) is 0 Å². The Morgan fingerprint density at radius 1 is 1.24 bits per heavy atom. The molecule has 2 aliphatic rings. The maximum absolute atomic E-state index is 5.76. The van der Waals surface area contributed by atoms with Gasteiger partial charge in [0.15, 0.2) is 5.82 Å². The summed E-state index contributed by atoms with van der Waals surface area (Å²) < 4.78 is 11.3. The zero-order valence-electron chi connectivity index (χ0n) is 13.2. The number of hydrogen-bond acceptors (Lipinski definition) is 5. The van der Waals surface area contributed by atoms with E-state index in [1.165, 1.54) is 25.7 Å². The van der Waals surface area contributed by atoms with E-state index >= 15 is 0 Å². The van der Waals surface area contributed by atoms with Gasteiger partial charge >= 0.3 is 0 Å². The molecule has 0 amide bonds.